The maximum atomic E-state index is 11.6. The molecule has 7 nitrogen and oxygen atoms in total. The van der Waals surface area contributed by atoms with E-state index in [1.165, 1.54) is 0 Å². The van der Waals surface area contributed by atoms with Crippen molar-refractivity contribution in [2.75, 3.05) is 0 Å². The molecule has 0 spiro atoms. The number of hydrogen-bond acceptors (Lipinski definition) is 5. The van der Waals surface area contributed by atoms with E-state index in [9.17, 15) is 13.2 Å². The predicted molar refractivity (Wildman–Crippen MR) is 74.8 cm³/mol. The molecule has 4 N–H and O–H groups in total. The van der Waals surface area contributed by atoms with Gasteiger partial charge in [-0.15, -0.1) is 0 Å². The molecule has 0 saturated carbocycles. The summed E-state index contributed by atoms with van der Waals surface area (Å²) in [7, 11) is -3.95. The zero-order chi connectivity index (χ0) is 15.2. The van der Waals surface area contributed by atoms with E-state index >= 15 is 0 Å². The van der Waals surface area contributed by atoms with Crippen LogP contribution in [0.1, 0.15) is 25.0 Å². The Kier molecular flexibility index (Phi) is 5.93. The molecule has 0 aromatic heterocycles. The van der Waals surface area contributed by atoms with Crippen molar-refractivity contribution in [3.63, 3.8) is 0 Å². The standard InChI is InChI=1S/C12H19N3O4S/c1-9(2)19-12(16)15-20(17,18)14-8-11-5-3-4-10(6-11)7-13/h3-6,9,14H,7-8,13H2,1-2H3,(H,15,16). The Hall–Kier alpha value is -1.64. The average molecular weight is 301 g/mol. The molecule has 1 amide bonds. The quantitative estimate of drug-likeness (QED) is 0.713. The molecule has 20 heavy (non-hydrogen) atoms. The van der Waals surface area contributed by atoms with Crippen molar-refractivity contribution < 1.29 is 17.9 Å². The molecule has 0 aliphatic rings. The molecule has 112 valence electrons. The number of ether oxygens (including phenoxy) is 1. The van der Waals surface area contributed by atoms with E-state index in [0.29, 0.717) is 6.54 Å². The Morgan fingerprint density at radius 3 is 2.60 bits per heavy atom. The van der Waals surface area contributed by atoms with Gasteiger partial charge in [0.2, 0.25) is 0 Å². The van der Waals surface area contributed by atoms with E-state index in [2.05, 4.69) is 9.46 Å². The number of carbonyl (C=O) groups excluding carboxylic acids is 1. The first kappa shape index (κ1) is 16.4. The molecule has 0 unspecified atom stereocenters. The van der Waals surface area contributed by atoms with Gasteiger partial charge in [-0.2, -0.15) is 13.1 Å². The van der Waals surface area contributed by atoms with Gasteiger partial charge in [0.1, 0.15) is 0 Å². The average Bonchev–Trinajstić information content (AvgIpc) is 2.35. The molecule has 0 fully saturated rings. The minimum atomic E-state index is -3.95. The molecule has 1 aromatic carbocycles. The van der Waals surface area contributed by atoms with Crippen molar-refractivity contribution in [3.05, 3.63) is 35.4 Å². The lowest BCUT2D eigenvalue weighted by Crippen LogP contribution is -2.40. The number of nitrogens with two attached hydrogens (primary N) is 1. The van der Waals surface area contributed by atoms with Crippen LogP contribution in [0.4, 0.5) is 4.79 Å². The van der Waals surface area contributed by atoms with Crippen LogP contribution in [0, 0.1) is 0 Å². The van der Waals surface area contributed by atoms with Gasteiger partial charge < -0.3 is 10.5 Å². The fraction of sp³-hybridized carbons (Fsp3) is 0.417. The molecule has 0 heterocycles. The minimum absolute atomic E-state index is 0.0537. The van der Waals surface area contributed by atoms with Gasteiger partial charge in [0.15, 0.2) is 0 Å². The summed E-state index contributed by atoms with van der Waals surface area (Å²) in [6, 6.07) is 7.17. The van der Waals surface area contributed by atoms with Crippen LogP contribution in [0.3, 0.4) is 0 Å². The molecule has 0 aliphatic heterocycles. The molecular weight excluding hydrogens is 282 g/mol. The van der Waals surface area contributed by atoms with Crippen LogP contribution in [-0.2, 0) is 28.0 Å². The third-order valence-corrected chi connectivity index (χ3v) is 3.21. The maximum Gasteiger partial charge on any atom is 0.422 e. The van der Waals surface area contributed by atoms with Gasteiger partial charge in [0.05, 0.1) is 6.10 Å². The zero-order valence-corrected chi connectivity index (χ0v) is 12.2. The Labute approximate surface area is 118 Å². The van der Waals surface area contributed by atoms with Crippen LogP contribution >= 0.6 is 0 Å². The molecule has 0 aliphatic carbocycles. The van der Waals surface area contributed by atoms with E-state index in [4.69, 9.17) is 5.73 Å². The van der Waals surface area contributed by atoms with Crippen LogP contribution in [0.5, 0.6) is 0 Å². The van der Waals surface area contributed by atoms with Crippen molar-refractivity contribution in [2.45, 2.75) is 33.0 Å². The number of nitrogens with one attached hydrogen (secondary N) is 2. The topological polar surface area (TPSA) is 111 Å². The van der Waals surface area contributed by atoms with Crippen LogP contribution < -0.4 is 15.2 Å². The largest absolute Gasteiger partial charge is 0.446 e. The summed E-state index contributed by atoms with van der Waals surface area (Å²) in [5, 5.41) is 0. The Morgan fingerprint density at radius 1 is 1.35 bits per heavy atom. The van der Waals surface area contributed by atoms with Gasteiger partial charge in [-0.25, -0.2) is 9.52 Å². The maximum absolute atomic E-state index is 11.6. The van der Waals surface area contributed by atoms with Crippen molar-refractivity contribution in [2.24, 2.45) is 5.73 Å². The first-order valence-electron chi connectivity index (χ1n) is 6.08. The lowest BCUT2D eigenvalue weighted by molar-refractivity contribution is 0.121. The van der Waals surface area contributed by atoms with Crippen LogP contribution in [0.2, 0.25) is 0 Å². The van der Waals surface area contributed by atoms with Gasteiger partial charge in [0, 0.05) is 13.1 Å². The molecule has 1 rings (SSSR count). The van der Waals surface area contributed by atoms with Crippen molar-refractivity contribution in [3.8, 4) is 0 Å². The summed E-state index contributed by atoms with van der Waals surface area (Å²) in [5.41, 5.74) is 7.14. The Bertz CT molecular complexity index is 558. The predicted octanol–water partition coefficient (Wildman–Crippen LogP) is 0.614. The highest BCUT2D eigenvalue weighted by Crippen LogP contribution is 2.04. The summed E-state index contributed by atoms with van der Waals surface area (Å²) in [5.74, 6) is 0. The number of amides is 1. The normalized spacial score (nSPS) is 11.4. The summed E-state index contributed by atoms with van der Waals surface area (Å²) in [6.07, 6.45) is -1.41. The van der Waals surface area contributed by atoms with E-state index in [1.807, 2.05) is 6.07 Å². The highest BCUT2D eigenvalue weighted by molar-refractivity contribution is 7.88. The van der Waals surface area contributed by atoms with Gasteiger partial charge in [-0.3, -0.25) is 0 Å². The van der Waals surface area contributed by atoms with Crippen LogP contribution in [0.15, 0.2) is 24.3 Å². The van der Waals surface area contributed by atoms with E-state index in [0.717, 1.165) is 11.1 Å². The van der Waals surface area contributed by atoms with Crippen LogP contribution in [0.25, 0.3) is 0 Å². The first-order chi connectivity index (χ1) is 9.32. The molecule has 1 aromatic rings. The minimum Gasteiger partial charge on any atom is -0.446 e. The monoisotopic (exact) mass is 301 g/mol. The molecule has 0 radical (unpaired) electrons. The highest BCUT2D eigenvalue weighted by atomic mass is 32.2. The summed E-state index contributed by atoms with van der Waals surface area (Å²) < 4.78 is 31.9. The van der Waals surface area contributed by atoms with E-state index < -0.39 is 22.4 Å². The smallest absolute Gasteiger partial charge is 0.422 e. The van der Waals surface area contributed by atoms with Gasteiger partial charge in [0.25, 0.3) is 0 Å². The zero-order valence-electron chi connectivity index (χ0n) is 11.4. The number of carbonyl (C=O) groups is 1. The molecular formula is C12H19N3O4S. The first-order valence-corrected chi connectivity index (χ1v) is 7.56. The third kappa shape index (κ3) is 6.00. The van der Waals surface area contributed by atoms with Crippen molar-refractivity contribution >= 4 is 16.3 Å². The summed E-state index contributed by atoms with van der Waals surface area (Å²) in [6.45, 7) is 3.67. The molecule has 0 saturated heterocycles. The van der Waals surface area contributed by atoms with Crippen LogP contribution in [-0.4, -0.2) is 20.6 Å². The fourth-order valence-corrected chi connectivity index (χ4v) is 2.13. The second-order valence-electron chi connectivity index (χ2n) is 4.40. The van der Waals surface area contributed by atoms with Crippen molar-refractivity contribution in [1.29, 1.82) is 0 Å². The summed E-state index contributed by atoms with van der Waals surface area (Å²) >= 11 is 0. The lowest BCUT2D eigenvalue weighted by Gasteiger charge is -2.11. The third-order valence-electron chi connectivity index (χ3n) is 2.25. The second kappa shape index (κ2) is 7.22. The van der Waals surface area contributed by atoms with Gasteiger partial charge >= 0.3 is 16.3 Å². The van der Waals surface area contributed by atoms with E-state index in [1.54, 1.807) is 36.8 Å². The highest BCUT2D eigenvalue weighted by Gasteiger charge is 2.15. The molecule has 8 heteroatoms. The fourth-order valence-electron chi connectivity index (χ4n) is 1.43. The lowest BCUT2D eigenvalue weighted by atomic mass is 10.1. The second-order valence-corrected chi connectivity index (χ2v) is 5.90. The van der Waals surface area contributed by atoms with Gasteiger partial charge in [-0.05, 0) is 25.0 Å². The number of rotatable bonds is 6. The molecule has 0 atom stereocenters. The van der Waals surface area contributed by atoms with Crippen molar-refractivity contribution in [1.82, 2.24) is 9.44 Å². The number of benzene rings is 1. The Balaban J connectivity index is 2.56. The Morgan fingerprint density at radius 2 is 2.00 bits per heavy atom. The number of hydrogen-bond donors (Lipinski definition) is 3. The molecule has 0 bridgehead atoms. The summed E-state index contributed by atoms with van der Waals surface area (Å²) in [4.78, 5) is 11.2. The van der Waals surface area contributed by atoms with E-state index in [-0.39, 0.29) is 6.54 Å². The SMILES string of the molecule is CC(C)OC(=O)NS(=O)(=O)NCc1cccc(CN)c1. The van der Waals surface area contributed by atoms with Gasteiger partial charge in [-0.1, -0.05) is 24.3 Å².